The van der Waals surface area contributed by atoms with E-state index < -0.39 is 5.91 Å². The van der Waals surface area contributed by atoms with Gasteiger partial charge in [0.2, 0.25) is 5.91 Å². The molecule has 10 nitrogen and oxygen atoms in total. The summed E-state index contributed by atoms with van der Waals surface area (Å²) in [5, 5.41) is 39.0. The number of anilines is 2. The number of rotatable bonds is 11. The minimum absolute atomic E-state index is 0.0250. The van der Waals surface area contributed by atoms with Crippen LogP contribution in [0.2, 0.25) is 5.02 Å². The summed E-state index contributed by atoms with van der Waals surface area (Å²) in [6.07, 6.45) is 0.438. The molecular weight excluding hydrogens is 548 g/mol. The minimum Gasteiger partial charge on any atom is -0.733 e. The summed E-state index contributed by atoms with van der Waals surface area (Å²) in [6.45, 7) is 0. The lowest BCUT2D eigenvalue weighted by Crippen LogP contribution is -2.21. The Morgan fingerprint density at radius 1 is 0.902 bits per heavy atom. The number of fused-ring (bicyclic) bond motifs is 1. The average molecular weight is 574 g/mol. The summed E-state index contributed by atoms with van der Waals surface area (Å²) < 4.78 is 0. The standard InChI is InChI=1S/C30H26ClN4O6/c31-22-13-11-19(12-14-22)27(36)18-24(8-4-10-29(38)32-23-7-3-9-25(17-23)35(40)41)33-34-30(39)26-15-20-5-1-2-6-21(20)16-28(26)37/h1-3,5-7,9,11-17,37,40H,4,8,10,18H2,(H,32,38)(H,34,39)/q-1/b33-24+. The molecular formula is C30H26ClN4O6-. The van der Waals surface area contributed by atoms with Gasteiger partial charge >= 0.3 is 0 Å². The predicted molar refractivity (Wildman–Crippen MR) is 157 cm³/mol. The molecule has 0 saturated heterocycles. The molecule has 0 radical (unpaired) electrons. The molecule has 0 fully saturated rings. The number of nitrogens with one attached hydrogen (secondary N) is 2. The van der Waals surface area contributed by atoms with E-state index in [1.807, 2.05) is 24.3 Å². The fourth-order valence-electron chi connectivity index (χ4n) is 4.09. The van der Waals surface area contributed by atoms with Crippen LogP contribution < -0.4 is 16.0 Å². The lowest BCUT2D eigenvalue weighted by Gasteiger charge is -2.22. The van der Waals surface area contributed by atoms with Crippen LogP contribution in [0.3, 0.4) is 0 Å². The monoisotopic (exact) mass is 573 g/mol. The van der Waals surface area contributed by atoms with E-state index >= 15 is 0 Å². The Morgan fingerprint density at radius 3 is 2.32 bits per heavy atom. The first kappa shape index (κ1) is 29.2. The molecule has 11 heteroatoms. The number of hydrazone groups is 1. The minimum atomic E-state index is -0.654. The highest BCUT2D eigenvalue weighted by atomic mass is 35.5. The Balaban J connectivity index is 1.44. The maximum absolute atomic E-state index is 12.9. The number of amides is 2. The molecule has 4 rings (SSSR count). The molecule has 0 aliphatic rings. The number of ketones is 1. The number of phenols is 1. The Hall–Kier alpha value is -4.77. The van der Waals surface area contributed by atoms with E-state index in [1.54, 1.807) is 36.4 Å². The van der Waals surface area contributed by atoms with Crippen LogP contribution in [0.25, 0.3) is 10.8 Å². The molecule has 0 aliphatic heterocycles. The number of Topliss-reactive ketones (excluding diaryl/α,β-unsaturated/α-hetero) is 1. The van der Waals surface area contributed by atoms with Crippen molar-refractivity contribution in [2.45, 2.75) is 25.7 Å². The third kappa shape index (κ3) is 8.12. The highest BCUT2D eigenvalue weighted by Gasteiger charge is 2.15. The van der Waals surface area contributed by atoms with E-state index in [9.17, 15) is 24.7 Å². The number of nitrogens with zero attached hydrogens (tertiary/aromatic N) is 2. The molecule has 4 N–H and O–H groups in total. The van der Waals surface area contributed by atoms with Crippen LogP contribution in [0.5, 0.6) is 5.75 Å². The SMILES string of the molecule is O=C(CCC/C(CC(=O)c1ccc(Cl)cc1)=N\NC(=O)c1cc2ccccc2cc1O)Nc1cccc(N([O-])O)c1. The normalized spacial score (nSPS) is 11.2. The first-order valence-electron chi connectivity index (χ1n) is 12.6. The molecule has 0 aliphatic carbocycles. The summed E-state index contributed by atoms with van der Waals surface area (Å²) in [5.41, 5.74) is 3.48. The zero-order chi connectivity index (χ0) is 29.4. The van der Waals surface area contributed by atoms with Crippen LogP contribution in [-0.4, -0.2) is 33.6 Å². The van der Waals surface area contributed by atoms with Crippen molar-refractivity contribution < 1.29 is 24.7 Å². The summed E-state index contributed by atoms with van der Waals surface area (Å²) in [5.74, 6) is -1.47. The quantitative estimate of drug-likeness (QED) is 0.0965. The molecule has 0 saturated carbocycles. The summed E-state index contributed by atoms with van der Waals surface area (Å²) in [7, 11) is 0. The van der Waals surface area contributed by atoms with Gasteiger partial charge in [-0.15, -0.1) is 0 Å². The lowest BCUT2D eigenvalue weighted by molar-refractivity contribution is -0.116. The first-order chi connectivity index (χ1) is 19.7. The number of hydrogen-bond acceptors (Lipinski definition) is 8. The maximum atomic E-state index is 12.9. The second kappa shape index (κ2) is 13.5. The Morgan fingerprint density at radius 2 is 1.61 bits per heavy atom. The number of carbonyl (C=O) groups excluding carboxylic acids is 3. The van der Waals surface area contributed by atoms with Crippen LogP contribution in [0.4, 0.5) is 11.4 Å². The van der Waals surface area contributed by atoms with Crippen molar-refractivity contribution in [2.24, 2.45) is 5.10 Å². The first-order valence-corrected chi connectivity index (χ1v) is 13.0. The third-order valence-corrected chi connectivity index (χ3v) is 6.43. The van der Waals surface area contributed by atoms with Gasteiger partial charge in [0, 0.05) is 28.4 Å². The van der Waals surface area contributed by atoms with Crippen molar-refractivity contribution in [3.05, 3.63) is 106 Å². The molecule has 2 amide bonds. The van der Waals surface area contributed by atoms with Crippen molar-refractivity contribution in [3.63, 3.8) is 0 Å². The van der Waals surface area contributed by atoms with Crippen molar-refractivity contribution in [2.75, 3.05) is 10.5 Å². The largest absolute Gasteiger partial charge is 0.733 e. The summed E-state index contributed by atoms with van der Waals surface area (Å²) >= 11 is 5.92. The van der Waals surface area contributed by atoms with Crippen molar-refractivity contribution in [3.8, 4) is 5.75 Å². The van der Waals surface area contributed by atoms with Crippen LogP contribution in [0.15, 0.2) is 90.0 Å². The highest BCUT2D eigenvalue weighted by Crippen LogP contribution is 2.25. The Kier molecular flexibility index (Phi) is 9.64. The van der Waals surface area contributed by atoms with Gasteiger partial charge < -0.3 is 20.9 Å². The molecule has 0 unspecified atom stereocenters. The van der Waals surface area contributed by atoms with Gasteiger partial charge in [-0.3, -0.25) is 19.6 Å². The van der Waals surface area contributed by atoms with Crippen LogP contribution >= 0.6 is 11.6 Å². The number of aromatic hydroxyl groups is 1. The van der Waals surface area contributed by atoms with Crippen molar-refractivity contribution >= 4 is 57.1 Å². The molecule has 0 heterocycles. The van der Waals surface area contributed by atoms with Crippen molar-refractivity contribution in [1.29, 1.82) is 0 Å². The average Bonchev–Trinajstić information content (AvgIpc) is 2.95. The second-order valence-electron chi connectivity index (χ2n) is 9.17. The van der Waals surface area contributed by atoms with Gasteiger partial charge in [0.1, 0.15) is 5.75 Å². The zero-order valence-electron chi connectivity index (χ0n) is 21.7. The van der Waals surface area contributed by atoms with E-state index in [4.69, 9.17) is 16.8 Å². The Bertz CT molecular complexity index is 1600. The van der Waals surface area contributed by atoms with E-state index in [-0.39, 0.29) is 53.2 Å². The number of carbonyl (C=O) groups is 3. The second-order valence-corrected chi connectivity index (χ2v) is 9.60. The number of hydrogen-bond donors (Lipinski definition) is 4. The van der Waals surface area contributed by atoms with Gasteiger partial charge in [-0.25, -0.2) is 5.43 Å². The lowest BCUT2D eigenvalue weighted by atomic mass is 10.0. The smallest absolute Gasteiger partial charge is 0.275 e. The molecule has 210 valence electrons. The van der Waals surface area contributed by atoms with Crippen LogP contribution in [-0.2, 0) is 4.79 Å². The molecule has 41 heavy (non-hydrogen) atoms. The predicted octanol–water partition coefficient (Wildman–Crippen LogP) is 6.06. The maximum Gasteiger partial charge on any atom is 0.275 e. The van der Waals surface area contributed by atoms with E-state index in [0.717, 1.165) is 10.8 Å². The molecule has 0 spiro atoms. The van der Waals surface area contributed by atoms with Gasteiger partial charge in [0.25, 0.3) is 5.91 Å². The third-order valence-electron chi connectivity index (χ3n) is 6.18. The van der Waals surface area contributed by atoms with E-state index in [2.05, 4.69) is 15.8 Å². The highest BCUT2D eigenvalue weighted by molar-refractivity contribution is 6.30. The topological polar surface area (TPSA) is 154 Å². The van der Waals surface area contributed by atoms with Gasteiger partial charge in [-0.05, 0) is 78.2 Å². The molecule has 4 aromatic carbocycles. The number of phenolic OH excluding ortho intramolecular Hbond substituents is 1. The zero-order valence-corrected chi connectivity index (χ0v) is 22.5. The Labute approximate surface area is 240 Å². The van der Waals surface area contributed by atoms with Gasteiger partial charge in [-0.1, -0.05) is 41.9 Å². The van der Waals surface area contributed by atoms with Gasteiger partial charge in [0.15, 0.2) is 5.78 Å². The van der Waals surface area contributed by atoms with Crippen molar-refractivity contribution in [1.82, 2.24) is 5.43 Å². The number of benzene rings is 4. The fraction of sp³-hybridized carbons (Fsp3) is 0.133. The molecule has 0 atom stereocenters. The fourth-order valence-corrected chi connectivity index (χ4v) is 4.21. The van der Waals surface area contributed by atoms with Gasteiger partial charge in [-0.2, -0.15) is 5.10 Å². The molecule has 4 aromatic rings. The summed E-state index contributed by atoms with van der Waals surface area (Å²) in [4.78, 5) is 38.2. The van der Waals surface area contributed by atoms with Gasteiger partial charge in [0.05, 0.1) is 17.7 Å². The van der Waals surface area contributed by atoms with Crippen LogP contribution in [0, 0.1) is 5.21 Å². The molecule has 0 bridgehead atoms. The summed E-state index contributed by atoms with van der Waals surface area (Å²) in [6, 6.07) is 22.5. The molecule has 0 aromatic heterocycles. The van der Waals surface area contributed by atoms with E-state index in [1.165, 1.54) is 24.3 Å². The van der Waals surface area contributed by atoms with E-state index in [0.29, 0.717) is 28.4 Å². The number of halogens is 1. The van der Waals surface area contributed by atoms with Crippen LogP contribution in [0.1, 0.15) is 46.4 Å².